The van der Waals surface area contributed by atoms with Gasteiger partial charge in [0.05, 0.1) is 12.6 Å². The van der Waals surface area contributed by atoms with Gasteiger partial charge in [-0.25, -0.2) is 10.1 Å². The van der Waals surface area contributed by atoms with Crippen LogP contribution in [0.15, 0.2) is 47.9 Å². The van der Waals surface area contributed by atoms with E-state index in [0.717, 1.165) is 36.4 Å². The molecule has 38 heavy (non-hydrogen) atoms. The van der Waals surface area contributed by atoms with Gasteiger partial charge in [-0.15, -0.1) is 0 Å². The molecule has 2 aromatic rings. The van der Waals surface area contributed by atoms with Gasteiger partial charge in [0, 0.05) is 54.9 Å². The van der Waals surface area contributed by atoms with Crippen molar-refractivity contribution in [3.05, 3.63) is 86.1 Å². The minimum absolute atomic E-state index is 0.0114. The van der Waals surface area contributed by atoms with E-state index in [0.29, 0.717) is 42.0 Å². The van der Waals surface area contributed by atoms with E-state index in [9.17, 15) is 10.1 Å². The molecule has 7 nitrogen and oxygen atoms in total. The van der Waals surface area contributed by atoms with Gasteiger partial charge in [-0.1, -0.05) is 41.8 Å². The molecule has 2 aromatic carbocycles. The maximum Gasteiger partial charge on any atom is 0.300 e. The summed E-state index contributed by atoms with van der Waals surface area (Å²) in [5.74, 6) is 0.454. The fourth-order valence-electron chi connectivity index (χ4n) is 5.17. The second-order valence-electron chi connectivity index (χ2n) is 9.81. The van der Waals surface area contributed by atoms with Crippen LogP contribution in [0.1, 0.15) is 42.4 Å². The summed E-state index contributed by atoms with van der Waals surface area (Å²) in [6, 6.07) is 13.4. The Balaban J connectivity index is 1.40. The van der Waals surface area contributed by atoms with E-state index in [1.807, 2.05) is 40.1 Å². The molecule has 198 valence electrons. The van der Waals surface area contributed by atoms with Crippen LogP contribution < -0.4 is 5.32 Å². The van der Waals surface area contributed by atoms with Crippen molar-refractivity contribution in [3.8, 4) is 6.07 Å². The first kappa shape index (κ1) is 27.8. The summed E-state index contributed by atoms with van der Waals surface area (Å²) in [6.07, 6.45) is 4.03. The summed E-state index contributed by atoms with van der Waals surface area (Å²) in [5.41, 5.74) is 4.07. The molecule has 9 heteroatoms. The van der Waals surface area contributed by atoms with Gasteiger partial charge >= 0.3 is 5.70 Å². The zero-order chi connectivity index (χ0) is 27.1. The highest BCUT2D eigenvalue weighted by Gasteiger charge is 2.29. The molecule has 0 bridgehead atoms. The number of hydrogen-bond donors (Lipinski definition) is 1. The van der Waals surface area contributed by atoms with E-state index in [4.69, 9.17) is 29.8 Å². The zero-order valence-electron chi connectivity index (χ0n) is 21.6. The summed E-state index contributed by atoms with van der Waals surface area (Å²) < 4.78 is 0. The van der Waals surface area contributed by atoms with Crippen LogP contribution in [0.2, 0.25) is 10.0 Å². The fraction of sp³-hybridized carbons (Fsp3) is 0.414. The van der Waals surface area contributed by atoms with Gasteiger partial charge in [-0.3, -0.25) is 9.69 Å². The minimum atomic E-state index is -0.0936. The Morgan fingerprint density at radius 1 is 1.05 bits per heavy atom. The average molecular weight is 552 g/mol. The maximum absolute atomic E-state index is 13.0. The SMILES string of the molecule is [C-]#[N+]/C(C#N)=C1\N(CCC(=O)Nc2cccc(CN3CCCCC3)c2C)CCN1Cc1cc(Cl)cc(Cl)c1. The lowest BCUT2D eigenvalue weighted by Gasteiger charge is -2.27. The van der Waals surface area contributed by atoms with E-state index in [1.54, 1.807) is 6.07 Å². The third kappa shape index (κ3) is 6.99. The summed E-state index contributed by atoms with van der Waals surface area (Å²) in [7, 11) is 0. The minimum Gasteiger partial charge on any atom is -0.364 e. The number of anilines is 1. The zero-order valence-corrected chi connectivity index (χ0v) is 23.2. The molecular formula is C29H32Cl2N6O. The van der Waals surface area contributed by atoms with Crippen molar-refractivity contribution in [2.24, 2.45) is 0 Å². The molecule has 0 radical (unpaired) electrons. The molecule has 0 aromatic heterocycles. The van der Waals surface area contributed by atoms with Crippen LogP contribution in [0.4, 0.5) is 5.69 Å². The number of rotatable bonds is 8. The standard InChI is InChI=1S/C29H32Cl2N6O/c1-21-23(20-35-10-4-3-5-11-35)7-6-8-26(21)34-28(38)9-12-36-13-14-37(29(36)27(18-32)33-2)19-22-15-24(30)17-25(31)16-22/h6-8,15-17H,3-5,9-14,19-20H2,1H3,(H,34,38)/b29-27+. The Kier molecular flexibility index (Phi) is 9.53. The van der Waals surface area contributed by atoms with Crippen molar-refractivity contribution >= 4 is 34.8 Å². The maximum atomic E-state index is 13.0. The van der Waals surface area contributed by atoms with Crippen molar-refractivity contribution in [1.29, 1.82) is 5.26 Å². The first-order valence-corrected chi connectivity index (χ1v) is 13.7. The van der Waals surface area contributed by atoms with Crippen LogP contribution in [0.5, 0.6) is 0 Å². The van der Waals surface area contributed by atoms with Gasteiger partial charge in [0.1, 0.15) is 5.82 Å². The number of carbonyl (C=O) groups excluding carboxylic acids is 1. The normalized spacial score (nSPS) is 17.2. The molecule has 2 aliphatic rings. The second-order valence-corrected chi connectivity index (χ2v) is 10.7. The number of halogens is 2. The molecule has 1 amide bonds. The number of carbonyl (C=O) groups is 1. The van der Waals surface area contributed by atoms with Crippen LogP contribution in [0.25, 0.3) is 4.85 Å². The monoisotopic (exact) mass is 550 g/mol. The van der Waals surface area contributed by atoms with E-state index >= 15 is 0 Å². The number of amides is 1. The third-order valence-corrected chi connectivity index (χ3v) is 7.57. The van der Waals surface area contributed by atoms with Gasteiger partial charge in [-0.2, -0.15) is 0 Å². The van der Waals surface area contributed by atoms with Crippen LogP contribution in [0.3, 0.4) is 0 Å². The summed E-state index contributed by atoms with van der Waals surface area (Å²) >= 11 is 12.3. The van der Waals surface area contributed by atoms with Crippen molar-refractivity contribution < 1.29 is 4.79 Å². The topological polar surface area (TPSA) is 67.0 Å². The number of allylic oxidation sites excluding steroid dienone is 1. The summed E-state index contributed by atoms with van der Waals surface area (Å²) in [4.78, 5) is 22.8. The number of nitrogens with one attached hydrogen (secondary N) is 1. The lowest BCUT2D eigenvalue weighted by atomic mass is 10.0. The van der Waals surface area contributed by atoms with E-state index in [1.165, 1.54) is 24.8 Å². The van der Waals surface area contributed by atoms with Gasteiger partial charge in [0.25, 0.3) is 0 Å². The van der Waals surface area contributed by atoms with Gasteiger partial charge in [-0.05, 0) is 73.8 Å². The van der Waals surface area contributed by atoms with Crippen molar-refractivity contribution in [2.75, 3.05) is 38.0 Å². The van der Waals surface area contributed by atoms with Crippen LogP contribution in [-0.2, 0) is 17.9 Å². The van der Waals surface area contributed by atoms with Crippen molar-refractivity contribution in [1.82, 2.24) is 14.7 Å². The van der Waals surface area contributed by atoms with E-state index in [-0.39, 0.29) is 18.0 Å². The molecule has 0 atom stereocenters. The number of hydrogen-bond acceptors (Lipinski definition) is 5. The first-order chi connectivity index (χ1) is 18.4. The first-order valence-electron chi connectivity index (χ1n) is 13.0. The summed E-state index contributed by atoms with van der Waals surface area (Å²) in [6.45, 7) is 14.8. The third-order valence-electron chi connectivity index (χ3n) is 7.14. The van der Waals surface area contributed by atoms with Crippen LogP contribution >= 0.6 is 23.2 Å². The predicted octanol–water partition coefficient (Wildman–Crippen LogP) is 6.05. The van der Waals surface area contributed by atoms with Gasteiger partial charge in [0.15, 0.2) is 0 Å². The van der Waals surface area contributed by atoms with Gasteiger partial charge in [0.2, 0.25) is 5.91 Å². The molecule has 2 heterocycles. The molecular weight excluding hydrogens is 519 g/mol. The highest BCUT2D eigenvalue weighted by molar-refractivity contribution is 6.34. The average Bonchev–Trinajstić information content (AvgIpc) is 3.28. The molecule has 2 aliphatic heterocycles. The molecule has 0 spiro atoms. The van der Waals surface area contributed by atoms with E-state index in [2.05, 4.69) is 28.1 Å². The lowest BCUT2D eigenvalue weighted by molar-refractivity contribution is -0.116. The second kappa shape index (κ2) is 13.0. The predicted molar refractivity (Wildman–Crippen MR) is 151 cm³/mol. The molecule has 2 fully saturated rings. The number of likely N-dealkylation sites (tertiary alicyclic amines) is 1. The molecule has 0 aliphatic carbocycles. The Hall–Kier alpha value is -3.23. The molecule has 1 N–H and O–H groups in total. The quantitative estimate of drug-likeness (QED) is 0.320. The van der Waals surface area contributed by atoms with Crippen LogP contribution in [-0.4, -0.2) is 53.3 Å². The van der Waals surface area contributed by atoms with Crippen molar-refractivity contribution in [2.45, 2.75) is 45.7 Å². The Bertz CT molecular complexity index is 1250. The number of piperidine rings is 1. The highest BCUT2D eigenvalue weighted by Crippen LogP contribution is 2.28. The molecule has 0 unspecified atom stereocenters. The van der Waals surface area contributed by atoms with Gasteiger partial charge < -0.3 is 15.1 Å². The van der Waals surface area contributed by atoms with Crippen molar-refractivity contribution in [3.63, 3.8) is 0 Å². The number of benzene rings is 2. The smallest absolute Gasteiger partial charge is 0.300 e. The van der Waals surface area contributed by atoms with Crippen LogP contribution in [0, 0.1) is 24.8 Å². The highest BCUT2D eigenvalue weighted by atomic mass is 35.5. The largest absolute Gasteiger partial charge is 0.364 e. The van der Waals surface area contributed by atoms with E-state index < -0.39 is 0 Å². The summed E-state index contributed by atoms with van der Waals surface area (Å²) in [5, 5.41) is 13.8. The Labute approximate surface area is 235 Å². The number of nitriles is 1. The fourth-order valence-corrected chi connectivity index (χ4v) is 5.74. The molecule has 2 saturated heterocycles. The number of nitrogens with zero attached hydrogens (tertiary/aromatic N) is 5. The Morgan fingerprint density at radius 2 is 1.76 bits per heavy atom. The molecule has 4 rings (SSSR count). The Morgan fingerprint density at radius 3 is 2.45 bits per heavy atom. The lowest BCUT2D eigenvalue weighted by Crippen LogP contribution is -2.29. The molecule has 0 saturated carbocycles.